The molecule has 0 amide bonds. The molecule has 1 aliphatic carbocycles. The van der Waals surface area contributed by atoms with Crippen molar-refractivity contribution >= 4 is 23.5 Å². The molecule has 4 N–H and O–H groups in total. The Morgan fingerprint density at radius 2 is 1.43 bits per heavy atom. The Morgan fingerprint density at radius 3 is 1.77 bits per heavy atom. The van der Waals surface area contributed by atoms with Gasteiger partial charge >= 0.3 is 17.9 Å². The molecule has 0 spiro atoms. The number of ether oxygens (including phenoxy) is 2. The third-order valence-corrected chi connectivity index (χ3v) is 4.87. The first-order valence-electron chi connectivity index (χ1n) is 10.4. The van der Waals surface area contributed by atoms with Gasteiger partial charge in [0.2, 0.25) is 0 Å². The molecule has 2 aromatic rings. The first-order chi connectivity index (χ1) is 16.6. The number of methoxy groups -OCH3 is 2. The van der Waals surface area contributed by atoms with Gasteiger partial charge in [-0.1, -0.05) is 12.8 Å². The largest absolute Gasteiger partial charge is 0.508 e. The van der Waals surface area contributed by atoms with Gasteiger partial charge < -0.3 is 29.9 Å². The van der Waals surface area contributed by atoms with Crippen molar-refractivity contribution < 1.29 is 44.3 Å². The van der Waals surface area contributed by atoms with Crippen LogP contribution in [0.3, 0.4) is 0 Å². The number of phenolic OH excluding ortho intramolecular Hbond substituents is 1. The van der Waals surface area contributed by atoms with Gasteiger partial charge in [0, 0.05) is 12.1 Å². The van der Waals surface area contributed by atoms with Crippen LogP contribution in [-0.4, -0.2) is 52.6 Å². The molecule has 10 nitrogen and oxygen atoms in total. The van der Waals surface area contributed by atoms with E-state index in [2.05, 4.69) is 0 Å². The molecule has 1 fully saturated rings. The molecule has 3 rings (SSSR count). The number of nitriles is 1. The van der Waals surface area contributed by atoms with Crippen LogP contribution in [0.25, 0.3) is 5.57 Å². The second kappa shape index (κ2) is 14.6. The van der Waals surface area contributed by atoms with Crippen LogP contribution in [0, 0.1) is 17.2 Å². The quantitative estimate of drug-likeness (QED) is 0.345. The van der Waals surface area contributed by atoms with Gasteiger partial charge in [-0.15, -0.1) is 0 Å². The van der Waals surface area contributed by atoms with Crippen LogP contribution in [0.15, 0.2) is 48.5 Å². The van der Waals surface area contributed by atoms with Crippen molar-refractivity contribution in [3.05, 3.63) is 59.7 Å². The molecule has 0 bridgehead atoms. The molecule has 10 heteroatoms. The molecule has 0 radical (unpaired) electrons. The fourth-order valence-corrected chi connectivity index (χ4v) is 3.05. The molecule has 0 unspecified atom stereocenters. The van der Waals surface area contributed by atoms with E-state index in [0.29, 0.717) is 17.1 Å². The predicted molar refractivity (Wildman–Crippen MR) is 125 cm³/mol. The normalized spacial score (nSPS) is 12.7. The first kappa shape index (κ1) is 28.5. The second-order valence-electron chi connectivity index (χ2n) is 7.28. The van der Waals surface area contributed by atoms with E-state index in [1.54, 1.807) is 12.1 Å². The van der Waals surface area contributed by atoms with Gasteiger partial charge in [0.05, 0.1) is 31.3 Å². The summed E-state index contributed by atoms with van der Waals surface area (Å²) in [5.74, 6) is -1.79. The van der Waals surface area contributed by atoms with Crippen LogP contribution in [0.1, 0.15) is 41.6 Å². The van der Waals surface area contributed by atoms with Crippen LogP contribution < -0.4 is 9.47 Å². The van der Waals surface area contributed by atoms with Crippen LogP contribution in [0.5, 0.6) is 17.2 Å². The molecular weight excluding hydrogens is 458 g/mol. The number of carbonyl (C=O) groups is 3. The topological polar surface area (TPSA) is 174 Å². The number of rotatable bonds is 6. The maximum Gasteiger partial charge on any atom is 0.335 e. The number of phenols is 1. The first-order valence-corrected chi connectivity index (χ1v) is 10.4. The van der Waals surface area contributed by atoms with Gasteiger partial charge in [0.15, 0.2) is 0 Å². The van der Waals surface area contributed by atoms with Gasteiger partial charge in [-0.05, 0) is 54.8 Å². The number of aromatic carboxylic acids is 1. The third kappa shape index (κ3) is 10.3. The predicted octanol–water partition coefficient (Wildman–Crippen LogP) is 4.05. The number of benzene rings is 2. The van der Waals surface area contributed by atoms with Crippen molar-refractivity contribution in [2.75, 3.05) is 14.2 Å². The third-order valence-electron chi connectivity index (χ3n) is 4.87. The van der Waals surface area contributed by atoms with Gasteiger partial charge in [-0.2, -0.15) is 5.26 Å². The van der Waals surface area contributed by atoms with Crippen LogP contribution in [0.2, 0.25) is 0 Å². The zero-order valence-corrected chi connectivity index (χ0v) is 19.3. The summed E-state index contributed by atoms with van der Waals surface area (Å²) in [7, 11) is 2.95. The summed E-state index contributed by atoms with van der Waals surface area (Å²) in [6.07, 6.45) is 4.84. The minimum absolute atomic E-state index is 0.0185. The van der Waals surface area contributed by atoms with Crippen molar-refractivity contribution in [2.45, 2.75) is 25.7 Å². The van der Waals surface area contributed by atoms with Crippen molar-refractivity contribution in [2.24, 2.45) is 5.92 Å². The number of carboxylic acids is 3. The molecule has 186 valence electrons. The summed E-state index contributed by atoms with van der Waals surface area (Å²) in [6.45, 7) is 0. The SMILES string of the molecule is COc1cc(OC)cc(C(=O)O)c1.N#CC(=CC(=O)O)c1ccc(O)cc1.O=C(O)C1CCCC1. The lowest BCUT2D eigenvalue weighted by Crippen LogP contribution is -2.07. The number of aromatic hydroxyl groups is 1. The van der Waals surface area contributed by atoms with E-state index in [9.17, 15) is 14.4 Å². The molecule has 0 heterocycles. The minimum atomic E-state index is -1.17. The fraction of sp³-hybridized carbons (Fsp3) is 0.280. The highest BCUT2D eigenvalue weighted by molar-refractivity contribution is 5.94. The standard InChI is InChI=1S/C10H7NO3.C9H10O4.C6H10O2/c11-6-8(5-10(13)14)7-1-3-9(12)4-2-7;1-12-7-3-6(9(10)11)4-8(5-7)13-2;7-6(8)5-3-1-2-4-5/h1-5,12H,(H,13,14);3-5H,1-2H3,(H,10,11);5H,1-4H2,(H,7,8). The number of nitrogens with zero attached hydrogens (tertiary/aromatic N) is 1. The van der Waals surface area contributed by atoms with E-state index >= 15 is 0 Å². The highest BCUT2D eigenvalue weighted by Crippen LogP contribution is 2.24. The van der Waals surface area contributed by atoms with Gasteiger partial charge in [-0.3, -0.25) is 4.79 Å². The van der Waals surface area contributed by atoms with E-state index in [0.717, 1.165) is 31.8 Å². The Hall–Kier alpha value is -4.52. The van der Waals surface area contributed by atoms with Crippen molar-refractivity contribution in [1.82, 2.24) is 0 Å². The van der Waals surface area contributed by atoms with Crippen LogP contribution >= 0.6 is 0 Å². The zero-order chi connectivity index (χ0) is 26.4. The molecule has 0 aromatic heterocycles. The zero-order valence-electron chi connectivity index (χ0n) is 19.3. The van der Waals surface area contributed by atoms with Gasteiger partial charge in [-0.25, -0.2) is 9.59 Å². The monoisotopic (exact) mass is 485 g/mol. The summed E-state index contributed by atoms with van der Waals surface area (Å²) in [6, 6.07) is 12.0. The average molecular weight is 485 g/mol. The van der Waals surface area contributed by atoms with E-state index in [-0.39, 0.29) is 22.8 Å². The number of hydrogen-bond donors (Lipinski definition) is 4. The van der Waals surface area contributed by atoms with Crippen LogP contribution in [-0.2, 0) is 9.59 Å². The molecule has 0 aliphatic heterocycles. The lowest BCUT2D eigenvalue weighted by molar-refractivity contribution is -0.141. The average Bonchev–Trinajstić information content (AvgIpc) is 3.39. The van der Waals surface area contributed by atoms with E-state index < -0.39 is 17.9 Å². The Balaban J connectivity index is 0.000000272. The van der Waals surface area contributed by atoms with E-state index in [1.807, 2.05) is 0 Å². The Kier molecular flexibility index (Phi) is 11.9. The van der Waals surface area contributed by atoms with Gasteiger partial charge in [0.1, 0.15) is 23.3 Å². The Morgan fingerprint density at radius 1 is 0.914 bits per heavy atom. The summed E-state index contributed by atoms with van der Waals surface area (Å²) in [5, 5.41) is 43.2. The molecule has 35 heavy (non-hydrogen) atoms. The highest BCUT2D eigenvalue weighted by atomic mass is 16.5. The van der Waals surface area contributed by atoms with Crippen molar-refractivity contribution in [1.29, 1.82) is 5.26 Å². The summed E-state index contributed by atoms with van der Waals surface area (Å²) in [4.78, 5) is 31.2. The van der Waals surface area contributed by atoms with Crippen LogP contribution in [0.4, 0.5) is 0 Å². The fourth-order valence-electron chi connectivity index (χ4n) is 3.05. The maximum atomic E-state index is 10.6. The van der Waals surface area contributed by atoms with E-state index in [4.69, 9.17) is 35.2 Å². The lowest BCUT2D eigenvalue weighted by Gasteiger charge is -2.05. The molecule has 0 saturated heterocycles. The molecule has 1 saturated carbocycles. The van der Waals surface area contributed by atoms with E-state index in [1.165, 1.54) is 50.6 Å². The Bertz CT molecular complexity index is 1060. The van der Waals surface area contributed by atoms with Crippen molar-refractivity contribution in [3.8, 4) is 23.3 Å². The highest BCUT2D eigenvalue weighted by Gasteiger charge is 2.21. The second-order valence-corrected chi connectivity index (χ2v) is 7.28. The molecular formula is C25H27NO9. The Labute approximate surface area is 202 Å². The summed E-state index contributed by atoms with van der Waals surface area (Å²) >= 11 is 0. The summed E-state index contributed by atoms with van der Waals surface area (Å²) < 4.78 is 9.81. The maximum absolute atomic E-state index is 10.6. The molecule has 0 atom stereocenters. The number of hydrogen-bond acceptors (Lipinski definition) is 7. The smallest absolute Gasteiger partial charge is 0.335 e. The number of carboxylic acid groups (broad SMARTS) is 3. The summed E-state index contributed by atoms with van der Waals surface area (Å²) in [5.41, 5.74) is 0.668. The van der Waals surface area contributed by atoms with Gasteiger partial charge in [0.25, 0.3) is 0 Å². The minimum Gasteiger partial charge on any atom is -0.508 e. The molecule has 1 aliphatic rings. The lowest BCUT2D eigenvalue weighted by atomic mass is 10.1. The van der Waals surface area contributed by atoms with Crippen molar-refractivity contribution in [3.63, 3.8) is 0 Å². The molecule has 2 aromatic carbocycles. The number of aliphatic carboxylic acids is 2. The number of allylic oxidation sites excluding steroid dienone is 1.